The van der Waals surface area contributed by atoms with Crippen molar-refractivity contribution in [1.29, 1.82) is 0 Å². The average Bonchev–Trinajstić information content (AvgIpc) is 3.26. The number of hydrogen-bond acceptors (Lipinski definition) is 22. The molecule has 67 heavy (non-hydrogen) atoms. The summed E-state index contributed by atoms with van der Waals surface area (Å²) in [5.74, 6) is -7.94. The Labute approximate surface area is 382 Å². The number of fused-ring (bicyclic) bond motifs is 1. The number of carboxylic acid groups (broad SMARTS) is 2. The van der Waals surface area contributed by atoms with Crippen LogP contribution in [-0.4, -0.2) is 225 Å². The Morgan fingerprint density at radius 3 is 1.81 bits per heavy atom. The molecule has 3 saturated heterocycles. The van der Waals surface area contributed by atoms with Crippen LogP contribution >= 0.6 is 0 Å². The Balaban J connectivity index is 1.20. The van der Waals surface area contributed by atoms with Crippen LogP contribution in [0.15, 0.2) is 12.2 Å². The first-order chi connectivity index (χ1) is 31.7. The second kappa shape index (κ2) is 23.4. The van der Waals surface area contributed by atoms with Crippen LogP contribution in [0.4, 0.5) is 0 Å². The number of aliphatic hydroxyl groups is 12. The normalized spacial score (nSPS) is 43.7. The minimum atomic E-state index is -2.07. The predicted molar refractivity (Wildman–Crippen MR) is 214 cm³/mol. The quantitative estimate of drug-likeness (QED) is 0.0226. The van der Waals surface area contributed by atoms with E-state index in [4.69, 9.17) is 48.1 Å². The van der Waals surface area contributed by atoms with Gasteiger partial charge in [-0.2, -0.15) is 0 Å². The predicted octanol–water partition coefficient (Wildman–Crippen LogP) is -5.00. The van der Waals surface area contributed by atoms with E-state index in [-0.39, 0.29) is 38.0 Å². The fourth-order valence-corrected chi connectivity index (χ4v) is 9.89. The van der Waals surface area contributed by atoms with Gasteiger partial charge in [0.05, 0.1) is 36.4 Å². The number of hydrogen-bond donors (Lipinski definition) is 12. The summed E-state index contributed by atoms with van der Waals surface area (Å²) >= 11 is 0. The van der Waals surface area contributed by atoms with Gasteiger partial charge < -0.3 is 99.2 Å². The molecule has 6 fully saturated rings. The molecule has 18 atom stereocenters. The Hall–Kier alpha value is -3.51. The molecule has 3 saturated carbocycles. The molecule has 6 aliphatic rings. The van der Waals surface area contributed by atoms with E-state index >= 15 is 0 Å². The zero-order chi connectivity index (χ0) is 48.9. The van der Waals surface area contributed by atoms with Crippen LogP contribution in [-0.2, 0) is 57.1 Å². The van der Waals surface area contributed by atoms with Crippen molar-refractivity contribution in [2.75, 3.05) is 13.2 Å². The third-order valence-corrected chi connectivity index (χ3v) is 13.4. The van der Waals surface area contributed by atoms with Crippen molar-refractivity contribution in [2.24, 2.45) is 17.8 Å². The van der Waals surface area contributed by atoms with Crippen LogP contribution in [0.1, 0.15) is 70.6 Å². The summed E-state index contributed by atoms with van der Waals surface area (Å²) in [6.07, 6.45) is -25.0. The third-order valence-electron chi connectivity index (χ3n) is 13.4. The van der Waals surface area contributed by atoms with Gasteiger partial charge in [0.2, 0.25) is 0 Å². The highest BCUT2D eigenvalue weighted by Gasteiger charge is 2.58. The zero-order valence-corrected chi connectivity index (χ0v) is 36.3. The third kappa shape index (κ3) is 13.6. The minimum Gasteiger partial charge on any atom is -0.481 e. The first kappa shape index (κ1) is 52.9. The second-order valence-electron chi connectivity index (χ2n) is 18.3. The fraction of sp³-hybridized carbons (Fsp3) is 0.833. The van der Waals surface area contributed by atoms with Crippen molar-refractivity contribution >= 4 is 29.8 Å². The Bertz CT molecular complexity index is 1710. The molecule has 0 radical (unpaired) electrons. The molecule has 13 N–H and O–H groups in total. The van der Waals surface area contributed by atoms with Gasteiger partial charge in [-0.25, -0.2) is 4.79 Å². The molecule has 380 valence electrons. The van der Waals surface area contributed by atoms with Gasteiger partial charge in [0.25, 0.3) is 0 Å². The summed E-state index contributed by atoms with van der Waals surface area (Å²) < 4.78 is 44.7. The molecular weight excluding hydrogens is 904 g/mol. The van der Waals surface area contributed by atoms with Crippen LogP contribution in [0.2, 0.25) is 0 Å². The molecule has 0 aromatic carbocycles. The smallest absolute Gasteiger partial charge is 0.330 e. The highest BCUT2D eigenvalue weighted by atomic mass is 16.7. The summed E-state index contributed by atoms with van der Waals surface area (Å²) in [5, 5.41) is 126. The first-order valence-electron chi connectivity index (χ1n) is 22.4. The molecule has 0 spiro atoms. The maximum absolute atomic E-state index is 12.7. The van der Waals surface area contributed by atoms with Gasteiger partial charge in [0.15, 0.2) is 30.9 Å². The lowest BCUT2D eigenvalue weighted by Crippen LogP contribution is -2.65. The van der Waals surface area contributed by atoms with E-state index in [9.17, 15) is 75.0 Å². The topological polar surface area (TPSA) is 406 Å². The van der Waals surface area contributed by atoms with Gasteiger partial charge in [-0.15, -0.1) is 0 Å². The maximum Gasteiger partial charge on any atom is 0.330 e. The average molecular weight is 968 g/mol. The summed E-state index contributed by atoms with van der Waals surface area (Å²) in [5.41, 5.74) is 0. The summed E-state index contributed by atoms with van der Waals surface area (Å²) in [6, 6.07) is 0. The van der Waals surface area contributed by atoms with Crippen molar-refractivity contribution in [3.05, 3.63) is 12.2 Å². The van der Waals surface area contributed by atoms with Crippen LogP contribution in [0.5, 0.6) is 0 Å². The molecule has 3 aliphatic carbocycles. The number of carbonyl (C=O) groups is 5. The lowest BCUT2D eigenvalue weighted by atomic mass is 9.72. The first-order valence-corrected chi connectivity index (χ1v) is 22.4. The highest BCUT2D eigenvalue weighted by molar-refractivity contribution is 5.90. The molecule has 25 heteroatoms. The van der Waals surface area contributed by atoms with Crippen molar-refractivity contribution in [3.63, 3.8) is 0 Å². The number of esters is 3. The molecule has 3 aliphatic heterocycles. The summed E-state index contributed by atoms with van der Waals surface area (Å²) in [4.78, 5) is 59.3. The van der Waals surface area contributed by atoms with E-state index in [2.05, 4.69) is 0 Å². The summed E-state index contributed by atoms with van der Waals surface area (Å²) in [7, 11) is 0. The lowest BCUT2D eigenvalue weighted by molar-refractivity contribution is -0.368. The Kier molecular flexibility index (Phi) is 18.5. The van der Waals surface area contributed by atoms with Gasteiger partial charge in [-0.3, -0.25) is 19.2 Å². The molecular formula is C42H63O25+. The van der Waals surface area contributed by atoms with Crippen LogP contribution < -0.4 is 0 Å². The Morgan fingerprint density at radius 1 is 0.582 bits per heavy atom. The van der Waals surface area contributed by atoms with Crippen molar-refractivity contribution < 1.29 is 123 Å². The molecule has 25 nitrogen and oxygen atoms in total. The molecule has 0 aromatic heterocycles. The zero-order valence-electron chi connectivity index (χ0n) is 36.3. The van der Waals surface area contributed by atoms with Crippen LogP contribution in [0.3, 0.4) is 0 Å². The van der Waals surface area contributed by atoms with Gasteiger partial charge in [0.1, 0.15) is 81.0 Å². The summed E-state index contributed by atoms with van der Waals surface area (Å²) in [6.45, 7) is -1.45. The molecule has 3 heterocycles. The second-order valence-corrected chi connectivity index (χ2v) is 18.3. The molecule has 0 amide bonds. The van der Waals surface area contributed by atoms with Crippen molar-refractivity contribution in [1.82, 2.24) is 0 Å². The van der Waals surface area contributed by atoms with E-state index in [0.29, 0.717) is 25.7 Å². The van der Waals surface area contributed by atoms with E-state index in [0.717, 1.165) is 0 Å². The number of carbonyl (C=O) groups excluding carboxylic acids is 3. The standard InChI is InChI=1S/C42H62O25/c43-18-4-1-16(2-5-18)3-6-30(51)60-14-26-34(55)35(56)37(58)41(65-26)64-25-11-20-23(62-39(25)17-7-21(45)33(54)22(46)8-17)9-19(44)10-24(20)63-42-38(59)36(57)40(67-32(53)13-29(49)50)27(66-42)15-61-31(52)12-28(47)48/h3,6,16-27,33-46,54-59H,1-2,4-5,7-15H2,(H,47,48)(H,49,50)/p+1/t16?,17?,18?,19?,20?,21?,22?,23?,24?,25?,26-,27-,33?,34-,35+,36-,37-,38-,39?,40-,41-,42-/m1/s1. The lowest BCUT2D eigenvalue weighted by Gasteiger charge is -2.50. The van der Waals surface area contributed by atoms with Crippen molar-refractivity contribution in [3.8, 4) is 0 Å². The fourth-order valence-electron chi connectivity index (χ4n) is 9.89. The largest absolute Gasteiger partial charge is 0.481 e. The van der Waals surface area contributed by atoms with Gasteiger partial charge >= 0.3 is 29.8 Å². The minimum absolute atomic E-state index is 0.0469. The molecule has 0 bridgehead atoms. The maximum atomic E-state index is 12.7. The number of aliphatic hydroxyl groups excluding tert-OH is 10. The number of allylic oxidation sites excluding steroid dienone is 1. The molecule has 0 aromatic rings. The van der Waals surface area contributed by atoms with E-state index in [1.807, 2.05) is 0 Å². The van der Waals surface area contributed by atoms with Crippen LogP contribution in [0, 0.1) is 17.8 Å². The monoisotopic (exact) mass is 967 g/mol. The molecule has 8 unspecified atom stereocenters. The SMILES string of the molecule is O=C(O)CC(=O)OC[C@H]1O[C@@H](OC2CC(O)CC3[OH+]C(C4CC(O)C(O)C(O)C4)C(O[C@@H]4O[C@H](COC(=O)C=CC5CCC(O)CC5)[C@@H](O)[C@H](O)[C@H]4O)CC23)[C@H](O)[C@@H](O)[C@@H]1OC(=O)CC(=O)O. The highest BCUT2D eigenvalue weighted by Crippen LogP contribution is 2.44. The van der Waals surface area contributed by atoms with Gasteiger partial charge in [-0.1, -0.05) is 6.08 Å². The number of ether oxygens (including phenoxy) is 8. The van der Waals surface area contributed by atoms with E-state index in [1.54, 1.807) is 6.08 Å². The number of aliphatic carboxylic acids is 2. The Morgan fingerprint density at radius 2 is 1.16 bits per heavy atom. The molecule has 6 rings (SSSR count). The van der Waals surface area contributed by atoms with E-state index in [1.165, 1.54) is 6.08 Å². The number of rotatable bonds is 16. The van der Waals surface area contributed by atoms with Gasteiger partial charge in [0, 0.05) is 24.8 Å². The van der Waals surface area contributed by atoms with E-state index < -0.39 is 184 Å². The van der Waals surface area contributed by atoms with Gasteiger partial charge in [-0.05, 0) is 50.9 Å². The van der Waals surface area contributed by atoms with Crippen LogP contribution in [0.25, 0.3) is 0 Å². The van der Waals surface area contributed by atoms with Crippen molar-refractivity contribution in [2.45, 2.75) is 187 Å². The number of carboxylic acids is 2.